The minimum absolute atomic E-state index is 0.109. The second-order valence-corrected chi connectivity index (χ2v) is 8.67. The monoisotopic (exact) mass is 286 g/mol. The van der Waals surface area contributed by atoms with Gasteiger partial charge in [-0.1, -0.05) is 0 Å². The van der Waals surface area contributed by atoms with Gasteiger partial charge in [-0.3, -0.25) is 0 Å². The lowest BCUT2D eigenvalue weighted by Gasteiger charge is -2.23. The molecular formula is C12H18N2O2S2. The lowest BCUT2D eigenvalue weighted by molar-refractivity contribution is 0.361. The van der Waals surface area contributed by atoms with Crippen molar-refractivity contribution in [2.45, 2.75) is 24.1 Å². The van der Waals surface area contributed by atoms with Gasteiger partial charge in [-0.15, -0.1) is 11.3 Å². The topological polar surface area (TPSA) is 49.4 Å². The van der Waals surface area contributed by atoms with Crippen LogP contribution in [0.15, 0.2) is 16.3 Å². The van der Waals surface area contributed by atoms with Gasteiger partial charge in [-0.2, -0.15) is 4.31 Å². The van der Waals surface area contributed by atoms with Gasteiger partial charge >= 0.3 is 0 Å². The lowest BCUT2D eigenvalue weighted by Crippen LogP contribution is -2.37. The number of aryl methyl sites for hydroxylation is 1. The van der Waals surface area contributed by atoms with E-state index < -0.39 is 10.0 Å². The standard InChI is InChI=1S/C12H18N2O2S2/c1-8-3-4-12(17-8)18(15,16)14-7-10-5-13-6-11(10)9(14)2/h3-4,9-11,13H,5-7H2,1-2H3. The van der Waals surface area contributed by atoms with Gasteiger partial charge in [-0.25, -0.2) is 8.42 Å². The van der Waals surface area contributed by atoms with E-state index in [9.17, 15) is 8.42 Å². The molecule has 1 N–H and O–H groups in total. The summed E-state index contributed by atoms with van der Waals surface area (Å²) in [7, 11) is -3.29. The highest BCUT2D eigenvalue weighted by atomic mass is 32.2. The third-order valence-electron chi connectivity index (χ3n) is 4.16. The maximum absolute atomic E-state index is 12.6. The van der Waals surface area contributed by atoms with Gasteiger partial charge < -0.3 is 5.32 Å². The van der Waals surface area contributed by atoms with Crippen LogP contribution in [-0.2, 0) is 10.0 Å². The zero-order valence-electron chi connectivity index (χ0n) is 10.6. The number of nitrogens with one attached hydrogen (secondary N) is 1. The summed E-state index contributed by atoms with van der Waals surface area (Å²) in [6.45, 7) is 6.54. The molecule has 0 amide bonds. The molecule has 0 aliphatic carbocycles. The molecule has 0 aromatic carbocycles. The van der Waals surface area contributed by atoms with Gasteiger partial charge in [0.1, 0.15) is 4.21 Å². The first-order valence-electron chi connectivity index (χ1n) is 6.29. The molecule has 6 heteroatoms. The summed E-state index contributed by atoms with van der Waals surface area (Å²) in [6.07, 6.45) is 0. The highest BCUT2D eigenvalue weighted by Gasteiger charge is 2.47. The van der Waals surface area contributed by atoms with Gasteiger partial charge in [0.15, 0.2) is 0 Å². The first-order valence-corrected chi connectivity index (χ1v) is 8.55. The van der Waals surface area contributed by atoms with Gasteiger partial charge in [0.25, 0.3) is 10.0 Å². The molecule has 2 aliphatic heterocycles. The Balaban J connectivity index is 1.91. The first kappa shape index (κ1) is 12.6. The Morgan fingerprint density at radius 2 is 2.17 bits per heavy atom. The highest BCUT2D eigenvalue weighted by Crippen LogP contribution is 2.37. The molecule has 3 heterocycles. The van der Waals surface area contributed by atoms with Crippen LogP contribution < -0.4 is 5.32 Å². The molecule has 0 spiro atoms. The molecule has 1 aromatic rings. The van der Waals surface area contributed by atoms with Crippen LogP contribution in [-0.4, -0.2) is 38.4 Å². The molecular weight excluding hydrogens is 268 g/mol. The third-order valence-corrected chi connectivity index (χ3v) is 7.58. The van der Waals surface area contributed by atoms with Crippen LogP contribution in [0.25, 0.3) is 0 Å². The van der Waals surface area contributed by atoms with Crippen molar-refractivity contribution in [2.24, 2.45) is 11.8 Å². The third kappa shape index (κ3) is 1.82. The van der Waals surface area contributed by atoms with E-state index in [1.165, 1.54) is 11.3 Å². The lowest BCUT2D eigenvalue weighted by atomic mass is 9.95. The first-order chi connectivity index (χ1) is 8.50. The van der Waals surface area contributed by atoms with E-state index in [4.69, 9.17) is 0 Å². The van der Waals surface area contributed by atoms with Crippen LogP contribution in [0.5, 0.6) is 0 Å². The number of sulfonamides is 1. The zero-order chi connectivity index (χ0) is 12.9. The van der Waals surface area contributed by atoms with Crippen molar-refractivity contribution in [3.63, 3.8) is 0 Å². The van der Waals surface area contributed by atoms with E-state index in [-0.39, 0.29) is 6.04 Å². The zero-order valence-corrected chi connectivity index (χ0v) is 12.2. The largest absolute Gasteiger partial charge is 0.316 e. The van der Waals surface area contributed by atoms with Crippen LogP contribution in [0.1, 0.15) is 11.8 Å². The van der Waals surface area contributed by atoms with Crippen LogP contribution in [0.2, 0.25) is 0 Å². The van der Waals surface area contributed by atoms with Crippen molar-refractivity contribution in [1.29, 1.82) is 0 Å². The fraction of sp³-hybridized carbons (Fsp3) is 0.667. The van der Waals surface area contributed by atoms with Gasteiger partial charge in [-0.05, 0) is 50.9 Å². The minimum Gasteiger partial charge on any atom is -0.316 e. The predicted molar refractivity (Wildman–Crippen MR) is 72.3 cm³/mol. The molecule has 3 unspecified atom stereocenters. The highest BCUT2D eigenvalue weighted by molar-refractivity contribution is 7.91. The molecule has 3 atom stereocenters. The normalized spacial score (nSPS) is 32.9. The fourth-order valence-corrected chi connectivity index (χ4v) is 6.26. The number of hydrogen-bond acceptors (Lipinski definition) is 4. The van der Waals surface area contributed by atoms with Gasteiger partial charge in [0.05, 0.1) is 0 Å². The molecule has 100 valence electrons. The summed E-state index contributed by atoms with van der Waals surface area (Å²) in [5.41, 5.74) is 0. The summed E-state index contributed by atoms with van der Waals surface area (Å²) in [6, 6.07) is 3.71. The SMILES string of the molecule is Cc1ccc(S(=O)(=O)N2CC3CNCC3C2C)s1. The van der Waals surface area contributed by atoms with E-state index in [1.54, 1.807) is 10.4 Å². The summed E-state index contributed by atoms with van der Waals surface area (Å²) in [4.78, 5) is 1.04. The number of rotatable bonds is 2. The Morgan fingerprint density at radius 1 is 1.39 bits per heavy atom. The van der Waals surface area contributed by atoms with Crippen LogP contribution in [0.3, 0.4) is 0 Å². The second kappa shape index (κ2) is 4.30. The number of hydrogen-bond donors (Lipinski definition) is 1. The van der Waals surface area contributed by atoms with E-state index >= 15 is 0 Å². The molecule has 0 bridgehead atoms. The number of thiophene rings is 1. The fourth-order valence-electron chi connectivity index (χ4n) is 3.11. The summed E-state index contributed by atoms with van der Waals surface area (Å²) in [5, 5.41) is 3.35. The number of nitrogens with zero attached hydrogens (tertiary/aromatic N) is 1. The molecule has 4 nitrogen and oxygen atoms in total. The van der Waals surface area contributed by atoms with Gasteiger partial charge in [0, 0.05) is 17.5 Å². The average molecular weight is 286 g/mol. The van der Waals surface area contributed by atoms with Crippen LogP contribution >= 0.6 is 11.3 Å². The van der Waals surface area contributed by atoms with E-state index in [1.807, 2.05) is 19.9 Å². The predicted octanol–water partition coefficient (Wildman–Crippen LogP) is 1.28. The smallest absolute Gasteiger partial charge is 0.252 e. The maximum Gasteiger partial charge on any atom is 0.252 e. The van der Waals surface area contributed by atoms with E-state index in [0.717, 1.165) is 18.0 Å². The summed E-state index contributed by atoms with van der Waals surface area (Å²) >= 11 is 1.37. The van der Waals surface area contributed by atoms with Crippen molar-refractivity contribution in [2.75, 3.05) is 19.6 Å². The van der Waals surface area contributed by atoms with Crippen molar-refractivity contribution in [1.82, 2.24) is 9.62 Å². The van der Waals surface area contributed by atoms with E-state index in [0.29, 0.717) is 22.6 Å². The Morgan fingerprint density at radius 3 is 2.78 bits per heavy atom. The second-order valence-electron chi connectivity index (χ2n) is 5.26. The molecule has 3 rings (SSSR count). The Hall–Kier alpha value is -0.430. The Labute approximate surface area is 112 Å². The van der Waals surface area contributed by atoms with Crippen molar-refractivity contribution >= 4 is 21.4 Å². The molecule has 2 fully saturated rings. The molecule has 2 saturated heterocycles. The quantitative estimate of drug-likeness (QED) is 0.891. The molecule has 18 heavy (non-hydrogen) atoms. The molecule has 0 radical (unpaired) electrons. The Kier molecular flexibility index (Phi) is 3.01. The summed E-state index contributed by atoms with van der Waals surface area (Å²) < 4.78 is 27.4. The van der Waals surface area contributed by atoms with Crippen molar-refractivity contribution < 1.29 is 8.42 Å². The molecule has 0 saturated carbocycles. The molecule has 1 aromatic heterocycles. The van der Waals surface area contributed by atoms with Crippen LogP contribution in [0, 0.1) is 18.8 Å². The van der Waals surface area contributed by atoms with Crippen molar-refractivity contribution in [3.05, 3.63) is 17.0 Å². The van der Waals surface area contributed by atoms with Crippen molar-refractivity contribution in [3.8, 4) is 0 Å². The summed E-state index contributed by atoms with van der Waals surface area (Å²) in [5.74, 6) is 0.955. The average Bonchev–Trinajstić information content (AvgIpc) is 2.96. The maximum atomic E-state index is 12.6. The molecule has 2 aliphatic rings. The Bertz CT molecular complexity index is 552. The minimum atomic E-state index is -3.29. The van der Waals surface area contributed by atoms with Gasteiger partial charge in [0.2, 0.25) is 0 Å². The number of fused-ring (bicyclic) bond motifs is 1. The van der Waals surface area contributed by atoms with E-state index in [2.05, 4.69) is 5.32 Å². The van der Waals surface area contributed by atoms with Crippen LogP contribution in [0.4, 0.5) is 0 Å².